The second kappa shape index (κ2) is 13.8. The second-order valence-electron chi connectivity index (χ2n) is 10.3. The van der Waals surface area contributed by atoms with Gasteiger partial charge in [0.2, 0.25) is 0 Å². The number of nitrogens with two attached hydrogens (primary N) is 1. The summed E-state index contributed by atoms with van der Waals surface area (Å²) in [5.41, 5.74) is 7.20. The molecule has 43 heavy (non-hydrogen) atoms. The molecule has 0 unspecified atom stereocenters. The van der Waals surface area contributed by atoms with E-state index in [1.807, 2.05) is 13.8 Å². The number of hydrogen-bond acceptors (Lipinski definition) is 7. The van der Waals surface area contributed by atoms with Gasteiger partial charge in [0.15, 0.2) is 5.82 Å². The molecule has 0 radical (unpaired) electrons. The molecular weight excluding hydrogens is 573 g/mol. The third kappa shape index (κ3) is 7.46. The van der Waals surface area contributed by atoms with Crippen molar-refractivity contribution in [2.24, 2.45) is 11.1 Å². The summed E-state index contributed by atoms with van der Waals surface area (Å²) in [5.74, 6) is -1.71. The molecule has 4 rings (SSSR count). The average Bonchev–Trinajstić information content (AvgIpc) is 2.99. The molecule has 5 N–H and O–H groups in total. The van der Waals surface area contributed by atoms with E-state index in [1.54, 1.807) is 54.6 Å². The van der Waals surface area contributed by atoms with Crippen molar-refractivity contribution in [1.29, 1.82) is 5.26 Å². The molecule has 1 heterocycles. The Hall–Kier alpha value is -4.98. The highest BCUT2D eigenvalue weighted by molar-refractivity contribution is 6.07. The van der Waals surface area contributed by atoms with E-state index in [-0.39, 0.29) is 57.7 Å². The number of rotatable bonds is 9. The smallest absolute Gasteiger partial charge is 0.260 e. The van der Waals surface area contributed by atoms with Crippen LogP contribution in [0.3, 0.4) is 0 Å². The van der Waals surface area contributed by atoms with Gasteiger partial charge < -0.3 is 26.2 Å². The number of benzene rings is 3. The third-order valence-corrected chi connectivity index (χ3v) is 6.67. The molecule has 222 valence electrons. The summed E-state index contributed by atoms with van der Waals surface area (Å²) in [6.07, 6.45) is 0. The molecule has 0 bridgehead atoms. The number of aromatic nitrogens is 1. The molecule has 0 atom stereocenters. The zero-order chi connectivity index (χ0) is 30.4. The van der Waals surface area contributed by atoms with Gasteiger partial charge in [-0.05, 0) is 60.0 Å². The number of hydrogen-bond donors (Lipinski definition) is 4. The van der Waals surface area contributed by atoms with Crippen LogP contribution in [0.2, 0.25) is 0 Å². The zero-order valence-electron chi connectivity index (χ0n) is 23.8. The number of phenols is 1. The number of amides is 2. The molecule has 0 aliphatic carbocycles. The maximum absolute atomic E-state index is 13.8. The monoisotopic (exact) mass is 603 g/mol. The van der Waals surface area contributed by atoms with E-state index < -0.39 is 11.7 Å². The number of aromatic hydroxyl groups is 1. The zero-order valence-corrected chi connectivity index (χ0v) is 24.6. The first-order valence-corrected chi connectivity index (χ1v) is 13.0. The first-order chi connectivity index (χ1) is 20.1. The van der Waals surface area contributed by atoms with Crippen LogP contribution in [0.1, 0.15) is 40.1 Å². The lowest BCUT2D eigenvalue weighted by Crippen LogP contribution is -2.38. The molecule has 1 aromatic heterocycles. The van der Waals surface area contributed by atoms with Gasteiger partial charge in [-0.2, -0.15) is 5.26 Å². The Morgan fingerprint density at radius 3 is 2.47 bits per heavy atom. The van der Waals surface area contributed by atoms with Crippen molar-refractivity contribution in [3.05, 3.63) is 95.3 Å². The summed E-state index contributed by atoms with van der Waals surface area (Å²) in [5, 5.41) is 26.3. The minimum atomic E-state index is -0.647. The van der Waals surface area contributed by atoms with Crippen LogP contribution in [0.15, 0.2) is 72.8 Å². The molecule has 0 saturated carbocycles. The summed E-state index contributed by atoms with van der Waals surface area (Å²) in [6.45, 7) is 4.62. The summed E-state index contributed by atoms with van der Waals surface area (Å²) in [4.78, 5) is 30.7. The number of nitrogens with one attached hydrogen (secondary N) is 2. The summed E-state index contributed by atoms with van der Waals surface area (Å²) in [7, 11) is 1.43. The van der Waals surface area contributed by atoms with E-state index in [9.17, 15) is 24.3 Å². The molecule has 0 aliphatic heterocycles. The lowest BCUT2D eigenvalue weighted by atomic mass is 9.93. The number of pyridine rings is 1. The van der Waals surface area contributed by atoms with Crippen molar-refractivity contribution in [3.63, 3.8) is 0 Å². The number of methoxy groups -OCH3 is 1. The quantitative estimate of drug-likeness (QED) is 0.196. The van der Waals surface area contributed by atoms with Gasteiger partial charge in [0, 0.05) is 29.3 Å². The summed E-state index contributed by atoms with van der Waals surface area (Å²) in [6, 6.07) is 20.3. The predicted molar refractivity (Wildman–Crippen MR) is 165 cm³/mol. The van der Waals surface area contributed by atoms with Gasteiger partial charge in [0.25, 0.3) is 11.8 Å². The molecule has 9 nitrogen and oxygen atoms in total. The fourth-order valence-corrected chi connectivity index (χ4v) is 4.16. The van der Waals surface area contributed by atoms with E-state index in [1.165, 1.54) is 13.2 Å². The topological polar surface area (TPSA) is 150 Å². The average molecular weight is 604 g/mol. The Morgan fingerprint density at radius 1 is 1.05 bits per heavy atom. The predicted octanol–water partition coefficient (Wildman–Crippen LogP) is 5.53. The van der Waals surface area contributed by atoms with Crippen LogP contribution in [0.25, 0.3) is 22.4 Å². The number of carbonyl (C=O) groups is 2. The highest BCUT2D eigenvalue weighted by Gasteiger charge is 2.22. The normalized spacial score (nSPS) is 10.7. The number of anilines is 1. The molecule has 11 heteroatoms. The molecule has 0 fully saturated rings. The van der Waals surface area contributed by atoms with Crippen LogP contribution in [0.4, 0.5) is 10.2 Å². The van der Waals surface area contributed by atoms with Gasteiger partial charge in [-0.1, -0.05) is 38.1 Å². The van der Waals surface area contributed by atoms with E-state index >= 15 is 0 Å². The Labute approximate surface area is 254 Å². The lowest BCUT2D eigenvalue weighted by Gasteiger charge is -2.22. The van der Waals surface area contributed by atoms with Crippen LogP contribution in [-0.4, -0.2) is 42.1 Å². The third-order valence-electron chi connectivity index (χ3n) is 6.67. The lowest BCUT2D eigenvalue weighted by molar-refractivity contribution is 0.0937. The molecule has 0 saturated heterocycles. The van der Waals surface area contributed by atoms with E-state index in [0.29, 0.717) is 35.5 Å². The fourth-order valence-electron chi connectivity index (χ4n) is 4.16. The van der Waals surface area contributed by atoms with E-state index in [4.69, 9.17) is 10.5 Å². The molecule has 0 spiro atoms. The summed E-state index contributed by atoms with van der Waals surface area (Å²) >= 11 is 0. The largest absolute Gasteiger partial charge is 0.507 e. The first kappa shape index (κ1) is 32.5. The molecule has 2 amide bonds. The van der Waals surface area contributed by atoms with Gasteiger partial charge in [-0.25, -0.2) is 9.37 Å². The second-order valence-corrected chi connectivity index (χ2v) is 10.3. The molecule has 0 aliphatic rings. The minimum absolute atomic E-state index is 0. The van der Waals surface area contributed by atoms with Crippen molar-refractivity contribution >= 4 is 30.0 Å². The minimum Gasteiger partial charge on any atom is -0.507 e. The van der Waals surface area contributed by atoms with Crippen LogP contribution >= 0.6 is 12.4 Å². The molecule has 3 aromatic carbocycles. The van der Waals surface area contributed by atoms with Crippen molar-refractivity contribution in [1.82, 2.24) is 10.3 Å². The maximum atomic E-state index is 13.8. The first-order valence-electron chi connectivity index (χ1n) is 13.0. The van der Waals surface area contributed by atoms with Crippen LogP contribution in [-0.2, 0) is 0 Å². The highest BCUT2D eigenvalue weighted by atomic mass is 35.5. The van der Waals surface area contributed by atoms with E-state index in [2.05, 4.69) is 21.7 Å². The fraction of sp³-hybridized carbons (Fsp3) is 0.188. The Balaban J connectivity index is 0.00000506. The number of nitrogens with zero attached hydrogens (tertiary/aromatic N) is 2. The van der Waals surface area contributed by atoms with Gasteiger partial charge in [-0.15, -0.1) is 12.4 Å². The Bertz CT molecular complexity index is 1700. The number of phenolic OH excluding ortho intramolecular Hbond substituents is 1. The van der Waals surface area contributed by atoms with Gasteiger partial charge >= 0.3 is 0 Å². The van der Waals surface area contributed by atoms with Crippen LogP contribution < -0.4 is 21.1 Å². The molecule has 4 aromatic rings. The standard InChI is InChI=1S/C32H30FN5O4.ClH/c1-32(2,17-35)18-36-30(40)20-8-6-7-19(13-20)24-15-26(22-12-11-21(33)14-27(22)39)37-29(25(24)16-34)38-31(41)23-9-4-5-10-28(23)42-3;/h4-15,39H,17-18,35H2,1-3H3,(H,36,40)(H,37,38,41);1H. The van der Waals surface area contributed by atoms with Crippen molar-refractivity contribution in [2.45, 2.75) is 13.8 Å². The van der Waals surface area contributed by atoms with Gasteiger partial charge in [0.1, 0.15) is 28.9 Å². The van der Waals surface area contributed by atoms with Crippen LogP contribution in [0, 0.1) is 22.6 Å². The Morgan fingerprint density at radius 2 is 1.79 bits per heavy atom. The van der Waals surface area contributed by atoms with Crippen molar-refractivity contribution < 1.29 is 23.8 Å². The number of halogens is 2. The van der Waals surface area contributed by atoms with E-state index in [0.717, 1.165) is 12.1 Å². The van der Waals surface area contributed by atoms with Crippen LogP contribution in [0.5, 0.6) is 11.5 Å². The summed E-state index contributed by atoms with van der Waals surface area (Å²) < 4.78 is 19.1. The van der Waals surface area contributed by atoms with Gasteiger partial charge in [-0.3, -0.25) is 9.59 Å². The van der Waals surface area contributed by atoms with Crippen molar-refractivity contribution in [3.8, 4) is 40.0 Å². The highest BCUT2D eigenvalue weighted by Crippen LogP contribution is 2.36. The number of ether oxygens (including phenoxy) is 1. The van der Waals surface area contributed by atoms with Gasteiger partial charge in [0.05, 0.1) is 18.4 Å². The maximum Gasteiger partial charge on any atom is 0.260 e. The SMILES string of the molecule is COc1ccccc1C(=O)Nc1nc(-c2ccc(F)cc2O)cc(-c2cccc(C(=O)NCC(C)(C)CN)c2)c1C#N.Cl. The number of nitriles is 1. The molecular formula is C32H31ClFN5O4. The number of carbonyl (C=O) groups excluding carboxylic acids is 2. The number of para-hydroxylation sites is 1. The Kier molecular flexibility index (Phi) is 10.4. The van der Waals surface area contributed by atoms with Crippen molar-refractivity contribution in [2.75, 3.05) is 25.5 Å².